The normalized spacial score (nSPS) is 17.5. The van der Waals surface area contributed by atoms with Crippen LogP contribution in [0.2, 0.25) is 0 Å². The van der Waals surface area contributed by atoms with Crippen LogP contribution in [0.4, 0.5) is 5.69 Å². The minimum Gasteiger partial charge on any atom is -0.360 e. The van der Waals surface area contributed by atoms with E-state index < -0.39 is 0 Å². The van der Waals surface area contributed by atoms with Crippen molar-refractivity contribution in [2.24, 2.45) is 0 Å². The predicted octanol–water partition coefficient (Wildman–Crippen LogP) is 2.59. The zero-order valence-electron chi connectivity index (χ0n) is 15.4. The topological polar surface area (TPSA) is 96.3 Å². The molecule has 1 aliphatic heterocycles. The molecule has 0 unspecified atom stereocenters. The Kier molecular flexibility index (Phi) is 4.94. The number of anilines is 1. The van der Waals surface area contributed by atoms with E-state index in [1.807, 2.05) is 6.92 Å². The van der Waals surface area contributed by atoms with Gasteiger partial charge in [-0.05, 0) is 69.5 Å². The van der Waals surface area contributed by atoms with Gasteiger partial charge in [-0.2, -0.15) is 0 Å². The molecule has 2 aliphatic rings. The molecule has 1 aliphatic carbocycles. The lowest BCUT2D eigenvalue weighted by atomic mass is 10.0. The van der Waals surface area contributed by atoms with Crippen molar-refractivity contribution in [3.05, 3.63) is 46.8 Å². The van der Waals surface area contributed by atoms with Crippen LogP contribution >= 0.6 is 0 Å². The Morgan fingerprint density at radius 2 is 1.89 bits per heavy atom. The smallest absolute Gasteiger partial charge is 0.277 e. The van der Waals surface area contributed by atoms with Crippen molar-refractivity contribution in [1.29, 1.82) is 0 Å². The maximum atomic E-state index is 12.5. The third-order valence-electron chi connectivity index (χ3n) is 5.14. The lowest BCUT2D eigenvalue weighted by Gasteiger charge is -2.24. The predicted molar refractivity (Wildman–Crippen MR) is 101 cm³/mol. The molecule has 1 saturated carbocycles. The molecule has 0 radical (unpaired) electrons. The van der Waals surface area contributed by atoms with Crippen LogP contribution in [-0.2, 0) is 0 Å². The molecule has 2 amide bonds. The van der Waals surface area contributed by atoms with Crippen LogP contribution in [-0.4, -0.2) is 36.1 Å². The van der Waals surface area contributed by atoms with Gasteiger partial charge in [0.15, 0.2) is 5.69 Å². The molecule has 7 nitrogen and oxygen atoms in total. The molecule has 0 spiro atoms. The fourth-order valence-corrected chi connectivity index (χ4v) is 3.38. The summed E-state index contributed by atoms with van der Waals surface area (Å²) < 4.78 is 5.23. The van der Waals surface area contributed by atoms with E-state index in [2.05, 4.69) is 21.1 Å². The van der Waals surface area contributed by atoms with E-state index in [-0.39, 0.29) is 23.6 Å². The lowest BCUT2D eigenvalue weighted by Crippen LogP contribution is -2.42. The number of nitrogens with one attached hydrogen (secondary N) is 3. The zero-order valence-corrected chi connectivity index (χ0v) is 15.4. The molecular weight excluding hydrogens is 344 g/mol. The lowest BCUT2D eigenvalue weighted by molar-refractivity contribution is 0.0928. The summed E-state index contributed by atoms with van der Waals surface area (Å²) in [7, 11) is 0. The summed E-state index contributed by atoms with van der Waals surface area (Å²) in [5.41, 5.74) is 2.36. The SMILES string of the molecule is Cc1cc(NC(=O)c2cc(C3CC3)on2)ccc1C(=O)NC1CCNCC1. The first kappa shape index (κ1) is 17.7. The van der Waals surface area contributed by atoms with Gasteiger partial charge >= 0.3 is 0 Å². The monoisotopic (exact) mass is 368 g/mol. The molecule has 27 heavy (non-hydrogen) atoms. The number of piperidine rings is 1. The zero-order chi connectivity index (χ0) is 18.8. The van der Waals surface area contributed by atoms with Gasteiger partial charge in [-0.1, -0.05) is 5.16 Å². The van der Waals surface area contributed by atoms with Crippen LogP contribution in [0.1, 0.15) is 63.8 Å². The number of rotatable bonds is 5. The van der Waals surface area contributed by atoms with Gasteiger partial charge in [0.1, 0.15) is 5.76 Å². The highest BCUT2D eigenvalue weighted by Gasteiger charge is 2.29. The Bertz CT molecular complexity index is 851. The van der Waals surface area contributed by atoms with Crippen molar-refractivity contribution >= 4 is 17.5 Å². The molecule has 1 aromatic carbocycles. The second-order valence-corrected chi connectivity index (χ2v) is 7.37. The molecule has 2 fully saturated rings. The molecule has 0 atom stereocenters. The van der Waals surface area contributed by atoms with E-state index in [1.54, 1.807) is 24.3 Å². The minimum absolute atomic E-state index is 0.0668. The Labute approximate surface area is 157 Å². The maximum Gasteiger partial charge on any atom is 0.277 e. The Morgan fingerprint density at radius 1 is 1.11 bits per heavy atom. The summed E-state index contributed by atoms with van der Waals surface area (Å²) in [6.07, 6.45) is 4.08. The maximum absolute atomic E-state index is 12.5. The molecule has 3 N–H and O–H groups in total. The van der Waals surface area contributed by atoms with Gasteiger partial charge in [0.2, 0.25) is 0 Å². The quantitative estimate of drug-likeness (QED) is 0.754. The number of nitrogens with zero attached hydrogens (tertiary/aromatic N) is 1. The van der Waals surface area contributed by atoms with Gasteiger partial charge in [-0.15, -0.1) is 0 Å². The van der Waals surface area contributed by atoms with Crippen molar-refractivity contribution < 1.29 is 14.1 Å². The van der Waals surface area contributed by atoms with Gasteiger partial charge < -0.3 is 20.5 Å². The Balaban J connectivity index is 1.39. The number of aromatic nitrogens is 1. The standard InChI is InChI=1S/C20H24N4O3/c1-12-10-15(23-20(26)17-11-18(27-24-17)13-2-3-13)4-5-16(12)19(25)22-14-6-8-21-9-7-14/h4-5,10-11,13-14,21H,2-3,6-9H2,1H3,(H,22,25)(H,23,26). The van der Waals surface area contributed by atoms with Gasteiger partial charge in [0, 0.05) is 29.3 Å². The number of carbonyl (C=O) groups is 2. The van der Waals surface area contributed by atoms with E-state index in [9.17, 15) is 9.59 Å². The molecular formula is C20H24N4O3. The van der Waals surface area contributed by atoms with Gasteiger partial charge in [0.25, 0.3) is 11.8 Å². The van der Waals surface area contributed by atoms with Crippen LogP contribution in [0.3, 0.4) is 0 Å². The van der Waals surface area contributed by atoms with E-state index in [1.165, 1.54) is 0 Å². The first-order valence-corrected chi connectivity index (χ1v) is 9.50. The highest BCUT2D eigenvalue weighted by Crippen LogP contribution is 2.40. The van der Waals surface area contributed by atoms with Gasteiger partial charge in [-0.25, -0.2) is 0 Å². The third-order valence-corrected chi connectivity index (χ3v) is 5.14. The summed E-state index contributed by atoms with van der Waals surface area (Å²) in [4.78, 5) is 24.9. The number of amides is 2. The molecule has 1 saturated heterocycles. The molecule has 0 bridgehead atoms. The summed E-state index contributed by atoms with van der Waals surface area (Å²) in [5, 5.41) is 13.0. The second kappa shape index (κ2) is 7.52. The van der Waals surface area contributed by atoms with Crippen LogP contribution in [0.5, 0.6) is 0 Å². The molecule has 142 valence electrons. The highest BCUT2D eigenvalue weighted by atomic mass is 16.5. The Morgan fingerprint density at radius 3 is 2.59 bits per heavy atom. The van der Waals surface area contributed by atoms with E-state index >= 15 is 0 Å². The van der Waals surface area contributed by atoms with Crippen molar-refractivity contribution in [3.8, 4) is 0 Å². The number of benzene rings is 1. The first-order chi connectivity index (χ1) is 13.1. The summed E-state index contributed by atoms with van der Waals surface area (Å²) in [5.74, 6) is 0.820. The number of hydrogen-bond donors (Lipinski definition) is 3. The summed E-state index contributed by atoms with van der Waals surface area (Å²) >= 11 is 0. The van der Waals surface area contributed by atoms with Gasteiger partial charge in [0.05, 0.1) is 0 Å². The van der Waals surface area contributed by atoms with Crippen molar-refractivity contribution in [2.45, 2.75) is 44.6 Å². The average molecular weight is 368 g/mol. The van der Waals surface area contributed by atoms with E-state index in [0.717, 1.165) is 50.1 Å². The molecule has 4 rings (SSSR count). The van der Waals surface area contributed by atoms with Crippen LogP contribution in [0.15, 0.2) is 28.8 Å². The van der Waals surface area contributed by atoms with Gasteiger partial charge in [-0.3, -0.25) is 9.59 Å². The van der Waals surface area contributed by atoms with Crippen LogP contribution in [0.25, 0.3) is 0 Å². The van der Waals surface area contributed by atoms with Crippen molar-refractivity contribution in [3.63, 3.8) is 0 Å². The molecule has 1 aromatic heterocycles. The number of carbonyl (C=O) groups excluding carboxylic acids is 2. The largest absolute Gasteiger partial charge is 0.360 e. The van der Waals surface area contributed by atoms with Crippen molar-refractivity contribution in [2.75, 3.05) is 18.4 Å². The van der Waals surface area contributed by atoms with Crippen LogP contribution < -0.4 is 16.0 Å². The number of hydrogen-bond acceptors (Lipinski definition) is 5. The molecule has 2 heterocycles. The third kappa shape index (κ3) is 4.19. The summed E-state index contributed by atoms with van der Waals surface area (Å²) in [6.45, 7) is 3.73. The highest BCUT2D eigenvalue weighted by molar-refractivity contribution is 6.03. The first-order valence-electron chi connectivity index (χ1n) is 9.50. The fraction of sp³-hybridized carbons (Fsp3) is 0.450. The molecule has 7 heteroatoms. The number of aryl methyl sites for hydroxylation is 1. The minimum atomic E-state index is -0.308. The summed E-state index contributed by atoms with van der Waals surface area (Å²) in [6, 6.07) is 7.22. The fourth-order valence-electron chi connectivity index (χ4n) is 3.38. The van der Waals surface area contributed by atoms with Crippen LogP contribution in [0, 0.1) is 6.92 Å². The Hall–Kier alpha value is -2.67. The molecule has 2 aromatic rings. The van der Waals surface area contributed by atoms with E-state index in [0.29, 0.717) is 17.2 Å². The van der Waals surface area contributed by atoms with Crippen molar-refractivity contribution in [1.82, 2.24) is 15.8 Å². The average Bonchev–Trinajstić information content (AvgIpc) is 3.39. The van der Waals surface area contributed by atoms with E-state index in [4.69, 9.17) is 4.52 Å². The second-order valence-electron chi connectivity index (χ2n) is 7.37.